The quantitative estimate of drug-likeness (QED) is 0.831. The fourth-order valence-corrected chi connectivity index (χ4v) is 3.57. The molecule has 0 saturated carbocycles. The van der Waals surface area contributed by atoms with E-state index in [9.17, 15) is 4.79 Å². The molecular formula is C18H24N2O4. The van der Waals surface area contributed by atoms with Crippen molar-refractivity contribution in [1.29, 1.82) is 0 Å². The number of rotatable bonds is 3. The second-order valence-corrected chi connectivity index (χ2v) is 6.63. The summed E-state index contributed by atoms with van der Waals surface area (Å²) in [5.41, 5.74) is 0. The molecule has 24 heavy (non-hydrogen) atoms. The summed E-state index contributed by atoms with van der Waals surface area (Å²) in [5, 5.41) is 0. The van der Waals surface area contributed by atoms with Crippen LogP contribution in [-0.2, 0) is 9.53 Å². The smallest absolute Gasteiger partial charge is 0.267 e. The molecule has 0 bridgehead atoms. The molecule has 6 nitrogen and oxygen atoms in total. The summed E-state index contributed by atoms with van der Waals surface area (Å²) in [5.74, 6) is 1.39. The lowest BCUT2D eigenvalue weighted by molar-refractivity contribution is -0.143. The van der Waals surface area contributed by atoms with Gasteiger partial charge >= 0.3 is 0 Å². The van der Waals surface area contributed by atoms with Crippen LogP contribution in [0.1, 0.15) is 12.8 Å². The molecule has 2 saturated heterocycles. The van der Waals surface area contributed by atoms with Gasteiger partial charge in [-0.05, 0) is 25.0 Å². The number of ether oxygens (including phenoxy) is 3. The maximum Gasteiger partial charge on any atom is 0.267 e. The molecule has 0 N–H and O–H groups in total. The molecule has 0 aromatic heterocycles. The van der Waals surface area contributed by atoms with Crippen LogP contribution in [0.3, 0.4) is 0 Å². The molecule has 1 amide bonds. The standard InChI is InChI=1S/C18H24N2O4/c21-18(17-13-23-15-5-1-2-6-16(15)24-17)20-9-7-19(8-10-20)12-14-4-3-11-22-14/h1-2,5-6,14,17H,3-4,7-13H2. The second kappa shape index (κ2) is 6.99. The number of piperazine rings is 1. The number of fused-ring (bicyclic) bond motifs is 1. The Hall–Kier alpha value is -1.79. The zero-order valence-corrected chi connectivity index (χ0v) is 13.9. The van der Waals surface area contributed by atoms with Crippen molar-refractivity contribution < 1.29 is 19.0 Å². The molecular weight excluding hydrogens is 308 g/mol. The molecule has 2 unspecified atom stereocenters. The van der Waals surface area contributed by atoms with E-state index < -0.39 is 6.10 Å². The van der Waals surface area contributed by atoms with Gasteiger partial charge in [0.25, 0.3) is 5.91 Å². The Labute approximate surface area is 142 Å². The number of nitrogens with zero attached hydrogens (tertiary/aromatic N) is 2. The zero-order valence-electron chi connectivity index (χ0n) is 13.9. The maximum atomic E-state index is 12.7. The Kier molecular flexibility index (Phi) is 4.58. The lowest BCUT2D eigenvalue weighted by Crippen LogP contribution is -2.54. The first-order chi connectivity index (χ1) is 11.8. The van der Waals surface area contributed by atoms with Crippen molar-refractivity contribution in [2.75, 3.05) is 45.9 Å². The SMILES string of the molecule is O=C(C1COc2ccccc2O1)N1CCN(CC2CCCO2)CC1. The zero-order chi connectivity index (χ0) is 16.4. The van der Waals surface area contributed by atoms with Gasteiger partial charge in [0.2, 0.25) is 6.10 Å². The van der Waals surface area contributed by atoms with Crippen molar-refractivity contribution in [2.45, 2.75) is 25.0 Å². The normalized spacial score (nSPS) is 27.2. The highest BCUT2D eigenvalue weighted by Crippen LogP contribution is 2.31. The predicted octanol–water partition coefficient (Wildman–Crippen LogP) is 1.15. The third-order valence-corrected chi connectivity index (χ3v) is 4.95. The number of carbonyl (C=O) groups excluding carboxylic acids is 1. The summed E-state index contributed by atoms with van der Waals surface area (Å²) in [6.07, 6.45) is 2.17. The van der Waals surface area contributed by atoms with Gasteiger partial charge < -0.3 is 19.1 Å². The van der Waals surface area contributed by atoms with Crippen molar-refractivity contribution in [2.24, 2.45) is 0 Å². The highest BCUT2D eigenvalue weighted by atomic mass is 16.6. The van der Waals surface area contributed by atoms with Crippen LogP contribution < -0.4 is 9.47 Å². The number of benzene rings is 1. The number of para-hydroxylation sites is 2. The fraction of sp³-hybridized carbons (Fsp3) is 0.611. The van der Waals surface area contributed by atoms with Gasteiger partial charge in [-0.15, -0.1) is 0 Å². The molecule has 4 rings (SSSR count). The molecule has 2 atom stereocenters. The summed E-state index contributed by atoms with van der Waals surface area (Å²) >= 11 is 0. The highest BCUT2D eigenvalue weighted by Gasteiger charge is 2.33. The van der Waals surface area contributed by atoms with Crippen LogP contribution in [-0.4, -0.2) is 73.9 Å². The van der Waals surface area contributed by atoms with Crippen LogP contribution >= 0.6 is 0 Å². The van der Waals surface area contributed by atoms with Crippen molar-refractivity contribution in [3.8, 4) is 11.5 Å². The first-order valence-electron chi connectivity index (χ1n) is 8.81. The van der Waals surface area contributed by atoms with E-state index in [4.69, 9.17) is 14.2 Å². The van der Waals surface area contributed by atoms with E-state index in [-0.39, 0.29) is 12.5 Å². The second-order valence-electron chi connectivity index (χ2n) is 6.63. The molecule has 0 aliphatic carbocycles. The van der Waals surface area contributed by atoms with Crippen molar-refractivity contribution in [3.05, 3.63) is 24.3 Å². The van der Waals surface area contributed by atoms with E-state index in [0.29, 0.717) is 17.6 Å². The molecule has 0 spiro atoms. The topological polar surface area (TPSA) is 51.2 Å². The monoisotopic (exact) mass is 332 g/mol. The van der Waals surface area contributed by atoms with Gasteiger partial charge in [-0.2, -0.15) is 0 Å². The Morgan fingerprint density at radius 2 is 1.92 bits per heavy atom. The highest BCUT2D eigenvalue weighted by molar-refractivity contribution is 5.82. The van der Waals surface area contributed by atoms with Crippen LogP contribution in [0.25, 0.3) is 0 Å². The molecule has 1 aromatic rings. The number of hydrogen-bond acceptors (Lipinski definition) is 5. The van der Waals surface area contributed by atoms with E-state index in [1.165, 1.54) is 6.42 Å². The van der Waals surface area contributed by atoms with Crippen LogP contribution in [0, 0.1) is 0 Å². The molecule has 2 fully saturated rings. The van der Waals surface area contributed by atoms with Gasteiger partial charge in [-0.1, -0.05) is 12.1 Å². The van der Waals surface area contributed by atoms with E-state index in [0.717, 1.165) is 45.8 Å². The minimum Gasteiger partial charge on any atom is -0.485 e. The molecule has 1 aromatic carbocycles. The molecule has 6 heteroatoms. The minimum absolute atomic E-state index is 0.0290. The largest absolute Gasteiger partial charge is 0.485 e. The van der Waals surface area contributed by atoms with Gasteiger partial charge in [0.15, 0.2) is 11.5 Å². The Morgan fingerprint density at radius 3 is 2.67 bits per heavy atom. The number of amides is 1. The molecule has 130 valence electrons. The third kappa shape index (κ3) is 3.35. The van der Waals surface area contributed by atoms with Gasteiger partial charge in [-0.3, -0.25) is 9.69 Å². The Morgan fingerprint density at radius 1 is 1.12 bits per heavy atom. The summed E-state index contributed by atoms with van der Waals surface area (Å²) in [6, 6.07) is 7.49. The van der Waals surface area contributed by atoms with Crippen LogP contribution in [0.15, 0.2) is 24.3 Å². The maximum absolute atomic E-state index is 12.7. The molecule has 3 aliphatic rings. The van der Waals surface area contributed by atoms with Gasteiger partial charge in [0.05, 0.1) is 6.10 Å². The number of carbonyl (C=O) groups is 1. The minimum atomic E-state index is -0.537. The summed E-state index contributed by atoms with van der Waals surface area (Å²) in [4.78, 5) is 17.0. The summed E-state index contributed by atoms with van der Waals surface area (Å²) in [7, 11) is 0. The van der Waals surface area contributed by atoms with Crippen LogP contribution in [0.2, 0.25) is 0 Å². The summed E-state index contributed by atoms with van der Waals surface area (Å²) < 4.78 is 17.2. The first kappa shape index (κ1) is 15.7. The van der Waals surface area contributed by atoms with Crippen LogP contribution in [0.4, 0.5) is 0 Å². The first-order valence-corrected chi connectivity index (χ1v) is 8.81. The molecule has 3 aliphatic heterocycles. The molecule has 3 heterocycles. The van der Waals surface area contributed by atoms with Gasteiger partial charge in [0, 0.05) is 39.3 Å². The molecule has 0 radical (unpaired) electrons. The fourth-order valence-electron chi connectivity index (χ4n) is 3.57. The summed E-state index contributed by atoms with van der Waals surface area (Å²) in [6.45, 7) is 5.44. The van der Waals surface area contributed by atoms with Crippen molar-refractivity contribution >= 4 is 5.91 Å². The van der Waals surface area contributed by atoms with E-state index >= 15 is 0 Å². The third-order valence-electron chi connectivity index (χ3n) is 4.95. The van der Waals surface area contributed by atoms with E-state index in [2.05, 4.69) is 4.90 Å². The van der Waals surface area contributed by atoms with Crippen molar-refractivity contribution in [1.82, 2.24) is 9.80 Å². The van der Waals surface area contributed by atoms with E-state index in [1.54, 1.807) is 0 Å². The Bertz CT molecular complexity index is 580. The van der Waals surface area contributed by atoms with Gasteiger partial charge in [-0.25, -0.2) is 0 Å². The number of hydrogen-bond donors (Lipinski definition) is 0. The Balaban J connectivity index is 1.29. The van der Waals surface area contributed by atoms with Crippen LogP contribution in [0.5, 0.6) is 11.5 Å². The average molecular weight is 332 g/mol. The van der Waals surface area contributed by atoms with Gasteiger partial charge in [0.1, 0.15) is 6.61 Å². The van der Waals surface area contributed by atoms with E-state index in [1.807, 2.05) is 29.2 Å². The predicted molar refractivity (Wildman–Crippen MR) is 88.3 cm³/mol. The average Bonchev–Trinajstić information content (AvgIpc) is 3.14. The lowest BCUT2D eigenvalue weighted by Gasteiger charge is -2.37. The lowest BCUT2D eigenvalue weighted by atomic mass is 10.2. The van der Waals surface area contributed by atoms with Crippen molar-refractivity contribution in [3.63, 3.8) is 0 Å².